The molecule has 1 N–H and O–H groups in total. The number of carbonyl (C=O) groups is 1. The van der Waals surface area contributed by atoms with Crippen LogP contribution in [0.5, 0.6) is 0 Å². The zero-order valence-electron chi connectivity index (χ0n) is 12.2. The Hall–Kier alpha value is -2.32. The van der Waals surface area contributed by atoms with E-state index in [0.29, 0.717) is 21.0 Å². The largest absolute Gasteiger partial charge is 0.302 e. The maximum atomic E-state index is 12.0. The molecule has 0 atom stereocenters. The molecule has 2 aromatic heterocycles. The van der Waals surface area contributed by atoms with Gasteiger partial charge in [-0.1, -0.05) is 17.4 Å². The molecule has 0 aliphatic rings. The molecule has 0 fully saturated rings. The number of aromatic nitrogens is 2. The van der Waals surface area contributed by atoms with Crippen LogP contribution >= 0.6 is 11.3 Å². The molecular formula is C15H13N3O3S2. The van der Waals surface area contributed by atoms with Gasteiger partial charge in [0.2, 0.25) is 5.91 Å². The predicted octanol–water partition coefficient (Wildman–Crippen LogP) is 2.28. The van der Waals surface area contributed by atoms with E-state index in [2.05, 4.69) is 15.3 Å². The van der Waals surface area contributed by atoms with Crippen LogP contribution in [0.2, 0.25) is 0 Å². The molecule has 0 radical (unpaired) electrons. The smallest absolute Gasteiger partial charge is 0.232 e. The minimum Gasteiger partial charge on any atom is -0.302 e. The van der Waals surface area contributed by atoms with Crippen molar-refractivity contribution in [2.45, 2.75) is 11.3 Å². The molecule has 23 heavy (non-hydrogen) atoms. The van der Waals surface area contributed by atoms with Crippen molar-refractivity contribution >= 4 is 42.4 Å². The summed E-state index contributed by atoms with van der Waals surface area (Å²) in [5.74, 6) is -0.217. The third kappa shape index (κ3) is 3.72. The van der Waals surface area contributed by atoms with E-state index in [4.69, 9.17) is 0 Å². The summed E-state index contributed by atoms with van der Waals surface area (Å²) >= 11 is 1.24. The summed E-state index contributed by atoms with van der Waals surface area (Å²) < 4.78 is 23.9. The Bertz CT molecular complexity index is 966. The maximum Gasteiger partial charge on any atom is 0.232 e. The van der Waals surface area contributed by atoms with Gasteiger partial charge in [-0.15, -0.1) is 0 Å². The molecule has 0 unspecified atom stereocenters. The minimum atomic E-state index is -3.27. The number of pyridine rings is 1. The van der Waals surface area contributed by atoms with Crippen molar-refractivity contribution < 1.29 is 13.2 Å². The maximum absolute atomic E-state index is 12.0. The van der Waals surface area contributed by atoms with Gasteiger partial charge >= 0.3 is 0 Å². The van der Waals surface area contributed by atoms with E-state index in [0.717, 1.165) is 6.26 Å². The number of carbonyl (C=O) groups excluding carboxylic acids is 1. The monoisotopic (exact) mass is 347 g/mol. The second kappa shape index (κ2) is 6.05. The van der Waals surface area contributed by atoms with Gasteiger partial charge in [0.05, 0.1) is 21.5 Å². The Balaban J connectivity index is 1.79. The average Bonchev–Trinajstić information content (AvgIpc) is 2.88. The summed E-state index contributed by atoms with van der Waals surface area (Å²) in [6.07, 6.45) is 2.95. The molecule has 6 nitrogen and oxygen atoms in total. The quantitative estimate of drug-likeness (QED) is 0.782. The highest BCUT2D eigenvalue weighted by molar-refractivity contribution is 7.90. The van der Waals surface area contributed by atoms with Crippen LogP contribution in [0.15, 0.2) is 47.5 Å². The molecule has 8 heteroatoms. The second-order valence-electron chi connectivity index (χ2n) is 4.97. The molecule has 0 aliphatic heterocycles. The second-order valence-corrected chi connectivity index (χ2v) is 8.01. The summed E-state index contributed by atoms with van der Waals surface area (Å²) in [7, 11) is -3.27. The number of benzene rings is 1. The van der Waals surface area contributed by atoms with Gasteiger partial charge in [0, 0.05) is 18.1 Å². The first-order valence-electron chi connectivity index (χ1n) is 6.72. The lowest BCUT2D eigenvalue weighted by Crippen LogP contribution is -2.14. The predicted molar refractivity (Wildman–Crippen MR) is 89.3 cm³/mol. The fourth-order valence-corrected chi connectivity index (χ4v) is 3.66. The number of sulfone groups is 1. The molecule has 3 rings (SSSR count). The molecule has 1 amide bonds. The number of anilines is 1. The van der Waals surface area contributed by atoms with E-state index in [9.17, 15) is 13.2 Å². The summed E-state index contributed by atoms with van der Waals surface area (Å²) in [6, 6.07) is 10.1. The number of hydrogen-bond donors (Lipinski definition) is 1. The standard InChI is InChI=1S/C15H13N3O3S2/c1-23(20,21)11-5-6-12-13(9-11)22-15(17-12)18-14(19)8-10-4-2-3-7-16-10/h2-7,9H,8H2,1H3,(H,17,18,19). The Labute approximate surface area is 137 Å². The molecule has 0 saturated carbocycles. The van der Waals surface area contributed by atoms with Crippen LogP contribution in [0, 0.1) is 0 Å². The van der Waals surface area contributed by atoms with Crippen LogP contribution in [-0.2, 0) is 21.1 Å². The number of nitrogens with one attached hydrogen (secondary N) is 1. The zero-order valence-corrected chi connectivity index (χ0v) is 13.8. The van der Waals surface area contributed by atoms with E-state index in [1.807, 2.05) is 6.07 Å². The highest BCUT2D eigenvalue weighted by atomic mass is 32.2. The van der Waals surface area contributed by atoms with Crippen LogP contribution in [0.4, 0.5) is 5.13 Å². The van der Waals surface area contributed by atoms with Gasteiger partial charge < -0.3 is 5.32 Å². The van der Waals surface area contributed by atoms with Gasteiger partial charge in [-0.2, -0.15) is 0 Å². The summed E-state index contributed by atoms with van der Waals surface area (Å²) in [5, 5.41) is 3.15. The van der Waals surface area contributed by atoms with E-state index >= 15 is 0 Å². The first-order valence-corrected chi connectivity index (χ1v) is 9.43. The van der Waals surface area contributed by atoms with Crippen LogP contribution in [0.3, 0.4) is 0 Å². The highest BCUT2D eigenvalue weighted by Crippen LogP contribution is 2.28. The molecule has 2 heterocycles. The fourth-order valence-electron chi connectivity index (χ4n) is 2.02. The van der Waals surface area contributed by atoms with Gasteiger partial charge in [0.25, 0.3) is 0 Å². The number of fused-ring (bicyclic) bond motifs is 1. The van der Waals surface area contributed by atoms with Crippen molar-refractivity contribution in [3.8, 4) is 0 Å². The van der Waals surface area contributed by atoms with Crippen molar-refractivity contribution in [3.63, 3.8) is 0 Å². The lowest BCUT2D eigenvalue weighted by Gasteiger charge is -2.00. The SMILES string of the molecule is CS(=O)(=O)c1ccc2nc(NC(=O)Cc3ccccn3)sc2c1. The van der Waals surface area contributed by atoms with Crippen LogP contribution in [-0.4, -0.2) is 30.5 Å². The molecular weight excluding hydrogens is 334 g/mol. The molecule has 1 aromatic carbocycles. The normalized spacial score (nSPS) is 11.5. The topological polar surface area (TPSA) is 89.0 Å². The number of thiazole rings is 1. The lowest BCUT2D eigenvalue weighted by atomic mass is 10.2. The molecule has 118 valence electrons. The average molecular weight is 347 g/mol. The van der Waals surface area contributed by atoms with Gasteiger partial charge in [0.15, 0.2) is 15.0 Å². The number of nitrogens with zero attached hydrogens (tertiary/aromatic N) is 2. The number of hydrogen-bond acceptors (Lipinski definition) is 6. The summed E-state index contributed by atoms with van der Waals surface area (Å²) in [5.41, 5.74) is 1.32. The van der Waals surface area contributed by atoms with E-state index in [1.165, 1.54) is 17.4 Å². The summed E-state index contributed by atoms with van der Waals surface area (Å²) in [4.78, 5) is 20.6. The number of amides is 1. The first-order chi connectivity index (χ1) is 10.9. The Morgan fingerprint density at radius 1 is 1.26 bits per heavy atom. The van der Waals surface area contributed by atoms with Crippen molar-refractivity contribution in [1.29, 1.82) is 0 Å². The van der Waals surface area contributed by atoms with E-state index in [1.54, 1.807) is 30.5 Å². The minimum absolute atomic E-state index is 0.158. The fraction of sp³-hybridized carbons (Fsp3) is 0.133. The van der Waals surface area contributed by atoms with Crippen molar-refractivity contribution in [2.75, 3.05) is 11.6 Å². The molecule has 0 bridgehead atoms. The van der Waals surface area contributed by atoms with Crippen molar-refractivity contribution in [2.24, 2.45) is 0 Å². The lowest BCUT2D eigenvalue weighted by molar-refractivity contribution is -0.115. The number of rotatable bonds is 4. The van der Waals surface area contributed by atoms with Crippen LogP contribution in [0.1, 0.15) is 5.69 Å². The zero-order chi connectivity index (χ0) is 16.4. The summed E-state index contributed by atoms with van der Waals surface area (Å²) in [6.45, 7) is 0. The molecule has 0 aliphatic carbocycles. The molecule has 0 spiro atoms. The third-order valence-corrected chi connectivity index (χ3v) is 5.15. The van der Waals surface area contributed by atoms with Crippen LogP contribution < -0.4 is 5.32 Å². The Morgan fingerprint density at radius 3 is 2.78 bits per heavy atom. The van der Waals surface area contributed by atoms with E-state index < -0.39 is 9.84 Å². The van der Waals surface area contributed by atoms with Gasteiger partial charge in [-0.05, 0) is 30.3 Å². The van der Waals surface area contributed by atoms with Gasteiger partial charge in [-0.3, -0.25) is 9.78 Å². The van der Waals surface area contributed by atoms with Crippen molar-refractivity contribution in [1.82, 2.24) is 9.97 Å². The van der Waals surface area contributed by atoms with Gasteiger partial charge in [-0.25, -0.2) is 13.4 Å². The van der Waals surface area contributed by atoms with Crippen molar-refractivity contribution in [3.05, 3.63) is 48.3 Å². The van der Waals surface area contributed by atoms with Crippen LogP contribution in [0.25, 0.3) is 10.2 Å². The Morgan fingerprint density at radius 2 is 2.09 bits per heavy atom. The third-order valence-electron chi connectivity index (χ3n) is 3.10. The molecule has 3 aromatic rings. The first kappa shape index (κ1) is 15.6. The Kier molecular flexibility index (Phi) is 4.10. The molecule has 0 saturated heterocycles. The highest BCUT2D eigenvalue weighted by Gasteiger charge is 2.12. The van der Waals surface area contributed by atoms with Gasteiger partial charge in [0.1, 0.15) is 0 Å². The van der Waals surface area contributed by atoms with E-state index in [-0.39, 0.29) is 17.2 Å².